The van der Waals surface area contributed by atoms with Crippen LogP contribution < -0.4 is 9.64 Å². The van der Waals surface area contributed by atoms with Gasteiger partial charge in [-0.2, -0.15) is 0 Å². The molecule has 5 nitrogen and oxygen atoms in total. The molecule has 0 unspecified atom stereocenters. The molecule has 1 aliphatic rings. The number of hydrogen-bond acceptors (Lipinski definition) is 4. The third kappa shape index (κ3) is 3.80. The Hall–Kier alpha value is -2.60. The Morgan fingerprint density at radius 1 is 1.08 bits per heavy atom. The van der Waals surface area contributed by atoms with Gasteiger partial charge in [0.2, 0.25) is 0 Å². The summed E-state index contributed by atoms with van der Waals surface area (Å²) in [7, 11) is -1.73. The summed E-state index contributed by atoms with van der Waals surface area (Å²) in [5, 5.41) is 1.19. The largest absolute Gasteiger partial charge is 0.497 e. The van der Waals surface area contributed by atoms with E-state index in [1.54, 1.807) is 42.4 Å². The molecular weight excluding hydrogens is 350 g/mol. The van der Waals surface area contributed by atoms with E-state index in [4.69, 9.17) is 4.74 Å². The van der Waals surface area contributed by atoms with Gasteiger partial charge in [-0.1, -0.05) is 6.07 Å². The lowest BCUT2D eigenvalue weighted by Gasteiger charge is -2.28. The molecule has 1 amide bonds. The Morgan fingerprint density at radius 3 is 2.19 bits per heavy atom. The SMILES string of the molecule is COc1ccc(C(=O)N(c2cc(C)cc(C)c2)[C@@H]2C=CS(=O)(=O)C2)cc1. The molecule has 0 aromatic heterocycles. The van der Waals surface area contributed by atoms with E-state index in [-0.39, 0.29) is 11.7 Å². The molecule has 3 rings (SSSR count). The second-order valence-corrected chi connectivity index (χ2v) is 8.41. The van der Waals surface area contributed by atoms with Gasteiger partial charge in [0.25, 0.3) is 5.91 Å². The second-order valence-electron chi connectivity index (χ2n) is 6.47. The Morgan fingerprint density at radius 2 is 1.69 bits per heavy atom. The van der Waals surface area contributed by atoms with Gasteiger partial charge in [0.05, 0.1) is 18.9 Å². The number of carbonyl (C=O) groups excluding carboxylic acids is 1. The average molecular weight is 371 g/mol. The van der Waals surface area contributed by atoms with Crippen molar-refractivity contribution in [3.63, 3.8) is 0 Å². The molecule has 0 spiro atoms. The maximum Gasteiger partial charge on any atom is 0.258 e. The zero-order valence-electron chi connectivity index (χ0n) is 15.0. The molecule has 0 bridgehead atoms. The van der Waals surface area contributed by atoms with Crippen LogP contribution in [0.25, 0.3) is 0 Å². The first-order chi connectivity index (χ1) is 12.3. The molecule has 0 radical (unpaired) electrons. The molecule has 0 saturated heterocycles. The highest BCUT2D eigenvalue weighted by Crippen LogP contribution is 2.27. The first-order valence-corrected chi connectivity index (χ1v) is 9.97. The van der Waals surface area contributed by atoms with Crippen molar-refractivity contribution in [2.45, 2.75) is 19.9 Å². The van der Waals surface area contributed by atoms with Crippen LogP contribution in [0.5, 0.6) is 5.75 Å². The van der Waals surface area contributed by atoms with Gasteiger partial charge in [0.1, 0.15) is 5.75 Å². The van der Waals surface area contributed by atoms with Crippen molar-refractivity contribution in [2.75, 3.05) is 17.8 Å². The number of hydrogen-bond donors (Lipinski definition) is 0. The lowest BCUT2D eigenvalue weighted by Crippen LogP contribution is -2.41. The summed E-state index contributed by atoms with van der Waals surface area (Å²) in [4.78, 5) is 14.8. The predicted molar refractivity (Wildman–Crippen MR) is 102 cm³/mol. The van der Waals surface area contributed by atoms with Crippen molar-refractivity contribution in [3.05, 3.63) is 70.6 Å². The van der Waals surface area contributed by atoms with Crippen LogP contribution in [-0.2, 0) is 9.84 Å². The first-order valence-electron chi connectivity index (χ1n) is 8.26. The quantitative estimate of drug-likeness (QED) is 0.827. The molecule has 2 aromatic carbocycles. The summed E-state index contributed by atoms with van der Waals surface area (Å²) in [5.74, 6) is 0.300. The Bertz CT molecular complexity index is 942. The summed E-state index contributed by atoms with van der Waals surface area (Å²) >= 11 is 0. The number of ether oxygens (including phenoxy) is 1. The lowest BCUT2D eigenvalue weighted by atomic mass is 10.1. The topological polar surface area (TPSA) is 63.7 Å². The van der Waals surface area contributed by atoms with Crippen molar-refractivity contribution in [1.29, 1.82) is 0 Å². The minimum Gasteiger partial charge on any atom is -0.497 e. The third-order valence-corrected chi connectivity index (χ3v) is 5.66. The Labute approximate surface area is 153 Å². The van der Waals surface area contributed by atoms with Crippen LogP contribution in [-0.4, -0.2) is 33.2 Å². The lowest BCUT2D eigenvalue weighted by molar-refractivity contribution is 0.0983. The second kappa shape index (κ2) is 6.96. The molecule has 136 valence electrons. The van der Waals surface area contributed by atoms with Crippen LogP contribution in [0.1, 0.15) is 21.5 Å². The number of methoxy groups -OCH3 is 1. The number of aryl methyl sites for hydroxylation is 2. The van der Waals surface area contributed by atoms with E-state index in [1.165, 1.54) is 5.41 Å². The summed E-state index contributed by atoms with van der Waals surface area (Å²) in [6.07, 6.45) is 1.58. The highest BCUT2D eigenvalue weighted by atomic mass is 32.2. The van der Waals surface area contributed by atoms with Crippen molar-refractivity contribution in [2.24, 2.45) is 0 Å². The fourth-order valence-corrected chi connectivity index (χ4v) is 4.41. The van der Waals surface area contributed by atoms with E-state index in [2.05, 4.69) is 0 Å². The fourth-order valence-electron chi connectivity index (χ4n) is 3.14. The van der Waals surface area contributed by atoms with Crippen LogP contribution >= 0.6 is 0 Å². The number of carbonyl (C=O) groups is 1. The fraction of sp³-hybridized carbons (Fsp3) is 0.250. The summed E-state index contributed by atoms with van der Waals surface area (Å²) < 4.78 is 29.0. The van der Waals surface area contributed by atoms with E-state index in [9.17, 15) is 13.2 Å². The van der Waals surface area contributed by atoms with E-state index >= 15 is 0 Å². The van der Waals surface area contributed by atoms with Gasteiger partial charge < -0.3 is 9.64 Å². The highest BCUT2D eigenvalue weighted by molar-refractivity contribution is 7.94. The van der Waals surface area contributed by atoms with Crippen LogP contribution in [0.4, 0.5) is 5.69 Å². The minimum absolute atomic E-state index is 0.109. The number of sulfone groups is 1. The van der Waals surface area contributed by atoms with Crippen LogP contribution in [0.3, 0.4) is 0 Å². The maximum absolute atomic E-state index is 13.2. The third-order valence-electron chi connectivity index (χ3n) is 4.28. The van der Waals surface area contributed by atoms with Gasteiger partial charge in [-0.05, 0) is 67.4 Å². The van der Waals surface area contributed by atoms with Crippen molar-refractivity contribution < 1.29 is 17.9 Å². The van der Waals surface area contributed by atoms with E-state index in [0.717, 1.165) is 11.1 Å². The molecule has 2 aromatic rings. The van der Waals surface area contributed by atoms with Gasteiger partial charge in [-0.3, -0.25) is 4.79 Å². The Kier molecular flexibility index (Phi) is 4.87. The molecule has 0 saturated carbocycles. The molecule has 1 aliphatic heterocycles. The van der Waals surface area contributed by atoms with Gasteiger partial charge >= 0.3 is 0 Å². The molecule has 0 aliphatic carbocycles. The number of anilines is 1. The van der Waals surface area contributed by atoms with E-state index in [1.807, 2.05) is 32.0 Å². The van der Waals surface area contributed by atoms with Crippen molar-refractivity contribution in [3.8, 4) is 5.75 Å². The van der Waals surface area contributed by atoms with Gasteiger partial charge in [-0.25, -0.2) is 8.42 Å². The molecule has 1 heterocycles. The van der Waals surface area contributed by atoms with Gasteiger partial charge in [0.15, 0.2) is 9.84 Å². The number of rotatable bonds is 4. The minimum atomic E-state index is -3.29. The van der Waals surface area contributed by atoms with Gasteiger partial charge in [0, 0.05) is 16.7 Å². The molecule has 26 heavy (non-hydrogen) atoms. The molecule has 0 N–H and O–H groups in total. The van der Waals surface area contributed by atoms with E-state index in [0.29, 0.717) is 17.0 Å². The van der Waals surface area contributed by atoms with E-state index < -0.39 is 15.9 Å². The van der Waals surface area contributed by atoms with Crippen molar-refractivity contribution >= 4 is 21.4 Å². The summed E-state index contributed by atoms with van der Waals surface area (Å²) in [6, 6.07) is 12.1. The highest BCUT2D eigenvalue weighted by Gasteiger charge is 2.32. The van der Waals surface area contributed by atoms with Gasteiger partial charge in [-0.15, -0.1) is 0 Å². The van der Waals surface area contributed by atoms with Crippen molar-refractivity contribution in [1.82, 2.24) is 0 Å². The number of amides is 1. The Balaban J connectivity index is 2.04. The van der Waals surface area contributed by atoms with Crippen LogP contribution in [0, 0.1) is 13.8 Å². The smallest absolute Gasteiger partial charge is 0.258 e. The molecule has 0 fully saturated rings. The zero-order chi connectivity index (χ0) is 18.9. The molecular formula is C20H21NO4S. The normalized spacial score (nSPS) is 17.9. The molecule has 1 atom stereocenters. The predicted octanol–water partition coefficient (Wildman–Crippen LogP) is 3.27. The van der Waals surface area contributed by atoms with Crippen LogP contribution in [0.2, 0.25) is 0 Å². The molecule has 6 heteroatoms. The van der Waals surface area contributed by atoms with Crippen LogP contribution in [0.15, 0.2) is 53.9 Å². The monoisotopic (exact) mass is 371 g/mol. The summed E-state index contributed by atoms with van der Waals surface area (Å²) in [5.41, 5.74) is 3.19. The number of benzene rings is 2. The number of nitrogens with zero attached hydrogens (tertiary/aromatic N) is 1. The standard InChI is InChI=1S/C20H21NO4S/c1-14-10-15(2)12-18(11-14)21(17-8-9-26(23,24)13-17)20(22)16-4-6-19(25-3)7-5-16/h4-12,17H,13H2,1-3H3/t17-/m1/s1. The first kappa shape index (κ1) is 18.2. The summed E-state index contributed by atoms with van der Waals surface area (Å²) in [6.45, 7) is 3.90. The average Bonchev–Trinajstić information content (AvgIpc) is 2.93. The zero-order valence-corrected chi connectivity index (χ0v) is 15.8. The maximum atomic E-state index is 13.2.